The third-order valence-electron chi connectivity index (χ3n) is 3.87. The summed E-state index contributed by atoms with van der Waals surface area (Å²) in [5, 5.41) is 0. The first kappa shape index (κ1) is 26.3. The summed E-state index contributed by atoms with van der Waals surface area (Å²) in [7, 11) is 11.4. The molecule has 0 aliphatic heterocycles. The molecule has 0 atom stereocenters. The first-order valence-electron chi connectivity index (χ1n) is 8.45. The Balaban J connectivity index is 0. The van der Waals surface area contributed by atoms with E-state index in [1.807, 2.05) is 0 Å². The molecule has 0 aliphatic rings. The van der Waals surface area contributed by atoms with E-state index in [1.165, 1.54) is 44.9 Å². The fourth-order valence-corrected chi connectivity index (χ4v) is 2.29. The van der Waals surface area contributed by atoms with Gasteiger partial charge < -0.3 is 20.9 Å². The molecule has 0 rings (SSSR count). The van der Waals surface area contributed by atoms with Gasteiger partial charge >= 0.3 is 35.3 Å². The maximum atomic E-state index is 5.78. The van der Waals surface area contributed by atoms with E-state index in [2.05, 4.69) is 6.92 Å². The van der Waals surface area contributed by atoms with Crippen molar-refractivity contribution in [1.29, 1.82) is 0 Å². The Hall–Kier alpha value is 1.11. The molecule has 0 saturated carbocycles. The van der Waals surface area contributed by atoms with Crippen LogP contribution in [-0.4, -0.2) is 40.0 Å². The van der Waals surface area contributed by atoms with Gasteiger partial charge in [-0.3, -0.25) is 0 Å². The summed E-state index contributed by atoms with van der Waals surface area (Å²) in [6, 6.07) is 0. The van der Waals surface area contributed by atoms with E-state index in [-0.39, 0.29) is 5.41 Å². The molecule has 0 unspecified atom stereocenters. The van der Waals surface area contributed by atoms with Gasteiger partial charge in [0.2, 0.25) is 0 Å². The normalized spacial score (nSPS) is 11.4. The second kappa shape index (κ2) is 21.2. The summed E-state index contributed by atoms with van der Waals surface area (Å²) in [5.41, 5.74) is 11.4. The quantitative estimate of drug-likeness (QED) is 0.300. The van der Waals surface area contributed by atoms with Crippen LogP contribution in [0.1, 0.15) is 58.3 Å². The molecule has 0 aromatic rings. The zero-order chi connectivity index (χ0) is 17.8. The molecule has 0 bridgehead atoms. The molecule has 0 saturated heterocycles. The molecule has 146 valence electrons. The van der Waals surface area contributed by atoms with Gasteiger partial charge in [0, 0.05) is 32.2 Å². The molecule has 0 aromatic heterocycles. The van der Waals surface area contributed by atoms with Crippen LogP contribution in [0.2, 0.25) is 0 Å². The Labute approximate surface area is 159 Å². The van der Waals surface area contributed by atoms with E-state index in [0.717, 1.165) is 13.0 Å². The van der Waals surface area contributed by atoms with Crippen LogP contribution in [0.3, 0.4) is 0 Å². The SMILES string of the molecule is CCCCCCCCCCOCC(CN)(CN)COC.[Cl][Pt][Cl]. The number of methoxy groups -OCH3 is 1. The van der Waals surface area contributed by atoms with Gasteiger partial charge in [0.15, 0.2) is 0 Å². The Morgan fingerprint density at radius 1 is 0.870 bits per heavy atom. The van der Waals surface area contributed by atoms with E-state index < -0.39 is 16.5 Å². The molecule has 4 N–H and O–H groups in total. The van der Waals surface area contributed by atoms with Crippen molar-refractivity contribution in [3.05, 3.63) is 0 Å². The monoisotopic (exact) mass is 553 g/mol. The van der Waals surface area contributed by atoms with Crippen molar-refractivity contribution in [2.24, 2.45) is 16.9 Å². The van der Waals surface area contributed by atoms with E-state index in [1.54, 1.807) is 7.11 Å². The number of nitrogens with two attached hydrogens (primary N) is 2. The van der Waals surface area contributed by atoms with Crippen molar-refractivity contribution < 1.29 is 26.0 Å². The Morgan fingerprint density at radius 2 is 1.35 bits per heavy atom. The molecule has 7 heteroatoms. The van der Waals surface area contributed by atoms with Crippen LogP contribution in [0.25, 0.3) is 0 Å². The van der Waals surface area contributed by atoms with Crippen LogP contribution in [0, 0.1) is 5.41 Å². The van der Waals surface area contributed by atoms with Gasteiger partial charge in [0.05, 0.1) is 13.2 Å². The number of unbranched alkanes of at least 4 members (excludes halogenated alkanes) is 7. The molecule has 0 fully saturated rings. The fraction of sp³-hybridized carbons (Fsp3) is 1.00. The molecule has 4 nitrogen and oxygen atoms in total. The van der Waals surface area contributed by atoms with Crippen molar-refractivity contribution in [3.8, 4) is 0 Å². The van der Waals surface area contributed by atoms with Crippen LogP contribution in [0.5, 0.6) is 0 Å². The van der Waals surface area contributed by atoms with Crippen molar-refractivity contribution in [1.82, 2.24) is 0 Å². The van der Waals surface area contributed by atoms with E-state index in [4.69, 9.17) is 39.8 Å². The van der Waals surface area contributed by atoms with E-state index in [9.17, 15) is 0 Å². The van der Waals surface area contributed by atoms with E-state index in [0.29, 0.717) is 26.3 Å². The molecule has 0 aromatic carbocycles. The minimum atomic E-state index is -0.472. The summed E-state index contributed by atoms with van der Waals surface area (Å²) in [4.78, 5) is 0. The van der Waals surface area contributed by atoms with E-state index >= 15 is 0 Å². The van der Waals surface area contributed by atoms with Crippen LogP contribution in [-0.2, 0) is 26.0 Å². The molecule has 0 spiro atoms. The molecule has 0 radical (unpaired) electrons. The van der Waals surface area contributed by atoms with Crippen molar-refractivity contribution in [2.75, 3.05) is 40.0 Å². The average molecular weight is 554 g/mol. The van der Waals surface area contributed by atoms with Crippen molar-refractivity contribution in [3.63, 3.8) is 0 Å². The first-order valence-corrected chi connectivity index (χ1v) is 14.1. The summed E-state index contributed by atoms with van der Waals surface area (Å²) >= 11 is -0.472. The number of hydrogen-bond acceptors (Lipinski definition) is 4. The van der Waals surface area contributed by atoms with Gasteiger partial charge in [0.1, 0.15) is 0 Å². The third kappa shape index (κ3) is 17.7. The van der Waals surface area contributed by atoms with Gasteiger partial charge in [0.25, 0.3) is 0 Å². The zero-order valence-corrected chi connectivity index (χ0v) is 18.5. The number of halogens is 2. The van der Waals surface area contributed by atoms with Crippen molar-refractivity contribution in [2.45, 2.75) is 58.3 Å². The predicted molar refractivity (Wildman–Crippen MR) is 97.6 cm³/mol. The second-order valence-corrected chi connectivity index (χ2v) is 9.20. The zero-order valence-electron chi connectivity index (χ0n) is 14.7. The Morgan fingerprint density at radius 3 is 1.78 bits per heavy atom. The fourth-order valence-electron chi connectivity index (χ4n) is 2.29. The Bertz CT molecular complexity index is 224. The molecule has 0 heterocycles. The van der Waals surface area contributed by atoms with Gasteiger partial charge in [-0.15, -0.1) is 0 Å². The number of ether oxygens (including phenoxy) is 2. The summed E-state index contributed by atoms with van der Waals surface area (Å²) in [6.07, 6.45) is 10.5. The molecular weight excluding hydrogens is 518 g/mol. The van der Waals surface area contributed by atoms with Crippen molar-refractivity contribution >= 4 is 18.8 Å². The number of rotatable bonds is 15. The maximum absolute atomic E-state index is 5.78. The molecular formula is C16H36Cl2N2O2Pt. The van der Waals surface area contributed by atoms with Gasteiger partial charge in [-0.1, -0.05) is 51.9 Å². The standard InChI is InChI=1S/C16H36N2O2.2ClH.Pt/c1-3-4-5-6-7-8-9-10-11-20-15-16(12-17,13-18)14-19-2;;;/h3-15,17-18H2,1-2H3;2*1H;/q;;;+2/p-2. The van der Waals surface area contributed by atoms with Crippen LogP contribution in [0.4, 0.5) is 0 Å². The number of hydrogen-bond donors (Lipinski definition) is 2. The molecule has 23 heavy (non-hydrogen) atoms. The summed E-state index contributed by atoms with van der Waals surface area (Å²) in [5.74, 6) is 0. The third-order valence-corrected chi connectivity index (χ3v) is 3.87. The van der Waals surface area contributed by atoms with Crippen LogP contribution < -0.4 is 11.5 Å². The summed E-state index contributed by atoms with van der Waals surface area (Å²) in [6.45, 7) is 5.25. The molecule has 0 aliphatic carbocycles. The van der Waals surface area contributed by atoms with Crippen LogP contribution in [0.15, 0.2) is 0 Å². The molecule has 0 amide bonds. The predicted octanol–water partition coefficient (Wildman–Crippen LogP) is 4.07. The first-order chi connectivity index (χ1) is 11.2. The second-order valence-electron chi connectivity index (χ2n) is 5.91. The van der Waals surface area contributed by atoms with Gasteiger partial charge in [-0.2, -0.15) is 0 Å². The minimum absolute atomic E-state index is 0.213. The van der Waals surface area contributed by atoms with Gasteiger partial charge in [-0.25, -0.2) is 0 Å². The van der Waals surface area contributed by atoms with Gasteiger partial charge in [-0.05, 0) is 6.42 Å². The Kier molecular flexibility index (Phi) is 24.2. The average Bonchev–Trinajstić information content (AvgIpc) is 2.56. The van der Waals surface area contributed by atoms with Crippen LogP contribution >= 0.6 is 18.8 Å². The topological polar surface area (TPSA) is 70.5 Å². The summed E-state index contributed by atoms with van der Waals surface area (Å²) < 4.78 is 10.9.